The number of hydrogen-bond acceptors (Lipinski definition) is 4. The Balaban J connectivity index is 2.36. The maximum atomic E-state index is 13.6. The van der Waals surface area contributed by atoms with Crippen LogP contribution in [0.15, 0.2) is 12.1 Å². The van der Waals surface area contributed by atoms with Gasteiger partial charge >= 0.3 is 0 Å². The van der Waals surface area contributed by atoms with E-state index < -0.39 is 16.3 Å². The Labute approximate surface area is 121 Å². The summed E-state index contributed by atoms with van der Waals surface area (Å²) in [6.45, 7) is 2.72. The molecule has 0 amide bonds. The third-order valence-electron chi connectivity index (χ3n) is 3.62. The quantitative estimate of drug-likeness (QED) is 0.673. The molecule has 1 heterocycles. The molecule has 1 aromatic rings. The highest BCUT2D eigenvalue weighted by Gasteiger charge is 2.28. The van der Waals surface area contributed by atoms with Crippen molar-refractivity contribution >= 4 is 23.0 Å². The maximum absolute atomic E-state index is 13.6. The van der Waals surface area contributed by atoms with Gasteiger partial charge < -0.3 is 10.0 Å². The third-order valence-corrected chi connectivity index (χ3v) is 3.91. The minimum absolute atomic E-state index is 0.210. The predicted molar refractivity (Wildman–Crippen MR) is 74.8 cm³/mol. The molecule has 0 spiro atoms. The van der Waals surface area contributed by atoms with E-state index in [4.69, 9.17) is 11.6 Å². The maximum Gasteiger partial charge on any atom is 0.294 e. The Bertz CT molecular complexity index is 537. The minimum Gasteiger partial charge on any atom is -0.390 e. The molecule has 2 rings (SSSR count). The fraction of sp³-hybridized carbons (Fsp3) is 0.538. The van der Waals surface area contributed by atoms with Gasteiger partial charge in [0.1, 0.15) is 11.5 Å². The lowest BCUT2D eigenvalue weighted by molar-refractivity contribution is -0.384. The normalized spacial score (nSPS) is 23.5. The van der Waals surface area contributed by atoms with Crippen molar-refractivity contribution in [3.63, 3.8) is 0 Å². The first kappa shape index (κ1) is 15.0. The standard InChI is InChI=1S/C13H16ClFN2O3/c1-13(18)3-2-5-16(6-4-13)11-8-10(15)9(14)7-12(11)17(19)20/h7-8,18H,2-6H2,1H3. The lowest BCUT2D eigenvalue weighted by Crippen LogP contribution is -2.28. The molecule has 0 aliphatic carbocycles. The Morgan fingerprint density at radius 3 is 2.80 bits per heavy atom. The van der Waals surface area contributed by atoms with Gasteiger partial charge in [0, 0.05) is 25.2 Å². The highest BCUT2D eigenvalue weighted by Crippen LogP contribution is 2.35. The number of anilines is 1. The van der Waals surface area contributed by atoms with Crippen LogP contribution in [0.3, 0.4) is 0 Å². The van der Waals surface area contributed by atoms with E-state index in [1.807, 2.05) is 0 Å². The summed E-state index contributed by atoms with van der Waals surface area (Å²) >= 11 is 5.61. The van der Waals surface area contributed by atoms with E-state index in [-0.39, 0.29) is 16.4 Å². The molecular weight excluding hydrogens is 287 g/mol. The van der Waals surface area contributed by atoms with Crippen molar-refractivity contribution in [2.75, 3.05) is 18.0 Å². The number of rotatable bonds is 2. The molecule has 0 aromatic heterocycles. The van der Waals surface area contributed by atoms with E-state index >= 15 is 0 Å². The van der Waals surface area contributed by atoms with Gasteiger partial charge in [-0.05, 0) is 26.2 Å². The first-order chi connectivity index (χ1) is 9.30. The lowest BCUT2D eigenvalue weighted by atomic mass is 9.98. The second-order valence-corrected chi connectivity index (χ2v) is 5.76. The number of nitrogens with zero attached hydrogens (tertiary/aromatic N) is 2. The van der Waals surface area contributed by atoms with E-state index in [2.05, 4.69) is 0 Å². The van der Waals surface area contributed by atoms with E-state index in [1.165, 1.54) is 0 Å². The molecule has 0 saturated carbocycles. The van der Waals surface area contributed by atoms with Crippen LogP contribution in [0, 0.1) is 15.9 Å². The van der Waals surface area contributed by atoms with Gasteiger partial charge in [-0.2, -0.15) is 0 Å². The smallest absolute Gasteiger partial charge is 0.294 e. The minimum atomic E-state index is -0.783. The van der Waals surface area contributed by atoms with Gasteiger partial charge in [0.25, 0.3) is 5.69 Å². The molecule has 1 atom stereocenters. The number of nitro groups is 1. The summed E-state index contributed by atoms with van der Waals surface area (Å²) < 4.78 is 13.6. The van der Waals surface area contributed by atoms with Crippen LogP contribution in [0.2, 0.25) is 5.02 Å². The fourth-order valence-corrected chi connectivity index (χ4v) is 2.59. The highest BCUT2D eigenvalue weighted by atomic mass is 35.5. The van der Waals surface area contributed by atoms with Crippen molar-refractivity contribution in [2.24, 2.45) is 0 Å². The summed E-state index contributed by atoms with van der Waals surface area (Å²) in [5, 5.41) is 20.9. The average molecular weight is 303 g/mol. The zero-order chi connectivity index (χ0) is 14.9. The van der Waals surface area contributed by atoms with Crippen LogP contribution in [0.5, 0.6) is 0 Å². The van der Waals surface area contributed by atoms with Crippen molar-refractivity contribution in [3.05, 3.63) is 33.1 Å². The molecule has 0 radical (unpaired) electrons. The molecule has 1 aliphatic rings. The van der Waals surface area contributed by atoms with Crippen LogP contribution in [0.1, 0.15) is 26.2 Å². The zero-order valence-corrected chi connectivity index (χ0v) is 11.9. The number of benzene rings is 1. The first-order valence-corrected chi connectivity index (χ1v) is 6.79. The van der Waals surface area contributed by atoms with Crippen molar-refractivity contribution in [2.45, 2.75) is 31.8 Å². The lowest BCUT2D eigenvalue weighted by Gasteiger charge is -2.24. The molecule has 1 aromatic carbocycles. The van der Waals surface area contributed by atoms with E-state index in [1.54, 1.807) is 11.8 Å². The number of nitro benzene ring substituents is 1. The number of hydrogen-bond donors (Lipinski definition) is 1. The summed E-state index contributed by atoms with van der Waals surface area (Å²) in [7, 11) is 0. The molecule has 1 saturated heterocycles. The molecule has 1 fully saturated rings. The summed E-state index contributed by atoms with van der Waals surface area (Å²) in [5.74, 6) is -0.678. The van der Waals surface area contributed by atoms with Crippen LogP contribution in [-0.4, -0.2) is 28.7 Å². The molecule has 7 heteroatoms. The summed E-state index contributed by atoms with van der Waals surface area (Å²) in [6, 6.07) is 2.13. The largest absolute Gasteiger partial charge is 0.390 e. The highest BCUT2D eigenvalue weighted by molar-refractivity contribution is 6.31. The monoisotopic (exact) mass is 302 g/mol. The van der Waals surface area contributed by atoms with E-state index in [0.29, 0.717) is 32.4 Å². The van der Waals surface area contributed by atoms with Crippen LogP contribution in [0.4, 0.5) is 15.8 Å². The van der Waals surface area contributed by atoms with Crippen LogP contribution < -0.4 is 4.90 Å². The molecule has 0 bridgehead atoms. The molecule has 1 N–H and O–H groups in total. The third kappa shape index (κ3) is 3.19. The Morgan fingerprint density at radius 2 is 2.15 bits per heavy atom. The average Bonchev–Trinajstić information content (AvgIpc) is 2.53. The number of aliphatic hydroxyl groups is 1. The first-order valence-electron chi connectivity index (χ1n) is 6.41. The van der Waals surface area contributed by atoms with E-state index in [0.717, 1.165) is 12.1 Å². The van der Waals surface area contributed by atoms with Gasteiger partial charge in [-0.3, -0.25) is 10.1 Å². The summed E-state index contributed by atoms with van der Waals surface area (Å²) in [5.41, 5.74) is -0.776. The van der Waals surface area contributed by atoms with Crippen molar-refractivity contribution in [1.29, 1.82) is 0 Å². The predicted octanol–water partition coefficient (Wildman–Crippen LogP) is 3.13. The van der Waals surface area contributed by atoms with Gasteiger partial charge in [0.2, 0.25) is 0 Å². The molecule has 5 nitrogen and oxygen atoms in total. The second kappa shape index (κ2) is 5.54. The summed E-state index contributed by atoms with van der Waals surface area (Å²) in [4.78, 5) is 12.3. The Kier molecular flexibility index (Phi) is 4.15. The Morgan fingerprint density at radius 1 is 1.45 bits per heavy atom. The van der Waals surface area contributed by atoms with E-state index in [9.17, 15) is 19.6 Å². The zero-order valence-electron chi connectivity index (χ0n) is 11.1. The van der Waals surface area contributed by atoms with Crippen LogP contribution in [-0.2, 0) is 0 Å². The van der Waals surface area contributed by atoms with Crippen LogP contribution >= 0.6 is 11.6 Å². The van der Waals surface area contributed by atoms with Crippen molar-refractivity contribution in [3.8, 4) is 0 Å². The Hall–Kier alpha value is -1.40. The topological polar surface area (TPSA) is 66.6 Å². The molecule has 1 aliphatic heterocycles. The van der Waals surface area contributed by atoms with Gasteiger partial charge in [0.05, 0.1) is 15.5 Å². The molecule has 110 valence electrons. The fourth-order valence-electron chi connectivity index (χ4n) is 2.43. The van der Waals surface area contributed by atoms with Crippen LogP contribution in [0.25, 0.3) is 0 Å². The van der Waals surface area contributed by atoms with Crippen molar-refractivity contribution < 1.29 is 14.4 Å². The second-order valence-electron chi connectivity index (χ2n) is 5.35. The SMILES string of the molecule is CC1(O)CCCN(c2cc(F)c(Cl)cc2[N+](=O)[O-])CC1. The van der Waals surface area contributed by atoms with Crippen molar-refractivity contribution in [1.82, 2.24) is 0 Å². The molecule has 1 unspecified atom stereocenters. The van der Waals surface area contributed by atoms with Gasteiger partial charge in [-0.25, -0.2) is 4.39 Å². The summed E-state index contributed by atoms with van der Waals surface area (Å²) in [6.07, 6.45) is 1.79. The molecule has 20 heavy (non-hydrogen) atoms. The number of halogens is 2. The van der Waals surface area contributed by atoms with Gasteiger partial charge in [-0.15, -0.1) is 0 Å². The van der Waals surface area contributed by atoms with Gasteiger partial charge in [0.15, 0.2) is 0 Å². The molecular formula is C13H16ClFN2O3. The van der Waals surface area contributed by atoms with Gasteiger partial charge in [-0.1, -0.05) is 11.6 Å².